The average molecular weight is 400 g/mol. The lowest BCUT2D eigenvalue weighted by Gasteiger charge is -2.20. The molecule has 0 heterocycles. The van der Waals surface area contributed by atoms with E-state index in [4.69, 9.17) is 4.74 Å². The van der Waals surface area contributed by atoms with Crippen molar-refractivity contribution in [1.29, 1.82) is 0 Å². The lowest BCUT2D eigenvalue weighted by molar-refractivity contribution is -0.0516. The van der Waals surface area contributed by atoms with Gasteiger partial charge in [-0.05, 0) is 29.8 Å². The van der Waals surface area contributed by atoms with Crippen LogP contribution >= 0.6 is 15.9 Å². The van der Waals surface area contributed by atoms with Crippen LogP contribution in [0.4, 0.5) is 8.78 Å². The quantitative estimate of drug-likeness (QED) is 0.725. The molecule has 4 nitrogen and oxygen atoms in total. The van der Waals surface area contributed by atoms with Crippen LogP contribution in [-0.2, 0) is 6.54 Å². The smallest absolute Gasteiger partial charge is 0.387 e. The number of hydrogen-bond donors (Lipinski definition) is 0. The highest BCUT2D eigenvalue weighted by molar-refractivity contribution is 9.10. The maximum atomic E-state index is 12.7. The molecule has 0 radical (unpaired) electrons. The van der Waals surface area contributed by atoms with Gasteiger partial charge in [0.05, 0.1) is 12.7 Å². The normalized spacial score (nSPS) is 10.6. The van der Waals surface area contributed by atoms with Gasteiger partial charge in [-0.2, -0.15) is 8.78 Å². The molecule has 2 aromatic rings. The number of ether oxygens (including phenoxy) is 2. The molecule has 0 atom stereocenters. The maximum absolute atomic E-state index is 12.7. The van der Waals surface area contributed by atoms with Crippen LogP contribution in [-0.4, -0.2) is 31.6 Å². The zero-order valence-corrected chi connectivity index (χ0v) is 14.7. The minimum atomic E-state index is -3.05. The molecule has 2 rings (SSSR count). The zero-order valence-electron chi connectivity index (χ0n) is 13.1. The molecule has 0 aromatic heterocycles. The van der Waals surface area contributed by atoms with Gasteiger partial charge in [-0.1, -0.05) is 34.1 Å². The van der Waals surface area contributed by atoms with Gasteiger partial charge in [-0.15, -0.1) is 0 Å². The predicted octanol–water partition coefficient (Wildman–Crippen LogP) is 4.33. The van der Waals surface area contributed by atoms with E-state index in [0.717, 1.165) is 10.0 Å². The van der Waals surface area contributed by atoms with Crippen molar-refractivity contribution in [2.24, 2.45) is 0 Å². The number of benzene rings is 2. The number of hydrogen-bond acceptors (Lipinski definition) is 3. The first-order chi connectivity index (χ1) is 11.4. The van der Waals surface area contributed by atoms with Gasteiger partial charge in [0, 0.05) is 18.1 Å². The fourth-order valence-electron chi connectivity index (χ4n) is 2.20. The van der Waals surface area contributed by atoms with Gasteiger partial charge < -0.3 is 14.4 Å². The molecule has 2 aromatic carbocycles. The minimum Gasteiger partial charge on any atom is -0.493 e. The van der Waals surface area contributed by atoms with E-state index in [9.17, 15) is 13.6 Å². The Bertz CT molecular complexity index is 707. The molecule has 0 bridgehead atoms. The summed E-state index contributed by atoms with van der Waals surface area (Å²) < 4.78 is 35.8. The van der Waals surface area contributed by atoms with E-state index in [0.29, 0.717) is 6.54 Å². The molecule has 0 aliphatic rings. The lowest BCUT2D eigenvalue weighted by atomic mass is 10.1. The summed E-state index contributed by atoms with van der Waals surface area (Å²) in [5.41, 5.74) is 0.933. The number of methoxy groups -OCH3 is 1. The number of rotatable bonds is 6. The monoisotopic (exact) mass is 399 g/mol. The van der Waals surface area contributed by atoms with Crippen LogP contribution in [0.25, 0.3) is 0 Å². The minimum absolute atomic E-state index is 0.0225. The number of nitrogens with zero attached hydrogens (tertiary/aromatic N) is 1. The molecule has 1 amide bonds. The summed E-state index contributed by atoms with van der Waals surface area (Å²) in [7, 11) is 2.92. The highest BCUT2D eigenvalue weighted by Crippen LogP contribution is 2.33. The van der Waals surface area contributed by atoms with E-state index in [2.05, 4.69) is 20.7 Å². The summed E-state index contributed by atoms with van der Waals surface area (Å²) in [6.45, 7) is -2.72. The van der Waals surface area contributed by atoms with E-state index in [1.807, 2.05) is 24.3 Å². The Morgan fingerprint density at radius 2 is 1.88 bits per heavy atom. The van der Waals surface area contributed by atoms with Gasteiger partial charge in [0.25, 0.3) is 5.91 Å². The van der Waals surface area contributed by atoms with Crippen molar-refractivity contribution in [2.45, 2.75) is 13.2 Å². The number of amides is 1. The molecule has 0 saturated heterocycles. The highest BCUT2D eigenvalue weighted by Gasteiger charge is 2.22. The Kier molecular flexibility index (Phi) is 6.14. The Balaban J connectivity index is 2.26. The number of para-hydroxylation sites is 1. The molecule has 0 fully saturated rings. The molecule has 0 saturated carbocycles. The van der Waals surface area contributed by atoms with Gasteiger partial charge >= 0.3 is 6.61 Å². The van der Waals surface area contributed by atoms with Crippen LogP contribution < -0.4 is 9.47 Å². The van der Waals surface area contributed by atoms with Crippen LogP contribution in [0.15, 0.2) is 46.9 Å². The maximum Gasteiger partial charge on any atom is 0.387 e. The first-order valence-corrected chi connectivity index (χ1v) is 7.83. The zero-order chi connectivity index (χ0) is 17.7. The van der Waals surface area contributed by atoms with Gasteiger partial charge in [0.15, 0.2) is 11.5 Å². The van der Waals surface area contributed by atoms with Gasteiger partial charge in [-0.3, -0.25) is 4.79 Å². The average Bonchev–Trinajstić information content (AvgIpc) is 2.56. The van der Waals surface area contributed by atoms with Crippen molar-refractivity contribution >= 4 is 21.8 Å². The summed E-state index contributed by atoms with van der Waals surface area (Å²) in [5, 5.41) is 0. The van der Waals surface area contributed by atoms with E-state index in [1.54, 1.807) is 13.1 Å². The van der Waals surface area contributed by atoms with Crippen molar-refractivity contribution in [1.82, 2.24) is 4.90 Å². The topological polar surface area (TPSA) is 38.8 Å². The van der Waals surface area contributed by atoms with Crippen molar-refractivity contribution in [3.05, 3.63) is 58.1 Å². The Hall–Kier alpha value is -2.15. The van der Waals surface area contributed by atoms with Gasteiger partial charge in [0.1, 0.15) is 0 Å². The largest absolute Gasteiger partial charge is 0.493 e. The molecule has 0 unspecified atom stereocenters. The van der Waals surface area contributed by atoms with Gasteiger partial charge in [-0.25, -0.2) is 0 Å². The van der Waals surface area contributed by atoms with Crippen LogP contribution in [0.2, 0.25) is 0 Å². The molecule has 128 valence electrons. The fourth-order valence-corrected chi connectivity index (χ4v) is 2.46. The first kappa shape index (κ1) is 18.2. The van der Waals surface area contributed by atoms with E-state index in [-0.39, 0.29) is 17.1 Å². The number of carbonyl (C=O) groups excluding carboxylic acids is 1. The first-order valence-electron chi connectivity index (χ1n) is 7.04. The highest BCUT2D eigenvalue weighted by atomic mass is 79.9. The third-order valence-corrected chi connectivity index (χ3v) is 3.84. The van der Waals surface area contributed by atoms with E-state index >= 15 is 0 Å². The van der Waals surface area contributed by atoms with Crippen LogP contribution in [0.1, 0.15) is 15.9 Å². The molecule has 0 aliphatic carbocycles. The van der Waals surface area contributed by atoms with Gasteiger partial charge in [0.2, 0.25) is 0 Å². The number of halogens is 3. The Labute approximate surface area is 147 Å². The molecular weight excluding hydrogens is 384 g/mol. The fraction of sp³-hybridized carbons (Fsp3) is 0.235. The standard InChI is InChI=1S/C17H16BrF2NO3/c1-21(10-11-6-8-12(18)9-7-11)16(22)13-4-3-5-14(23-2)15(13)24-17(19)20/h3-9,17H,10H2,1-2H3. The second-order valence-electron chi connectivity index (χ2n) is 5.00. The van der Waals surface area contributed by atoms with Crippen LogP contribution in [0.5, 0.6) is 11.5 Å². The van der Waals surface area contributed by atoms with Crippen molar-refractivity contribution in [3.8, 4) is 11.5 Å². The SMILES string of the molecule is COc1cccc(C(=O)N(C)Cc2ccc(Br)cc2)c1OC(F)F. The summed E-state index contributed by atoms with van der Waals surface area (Å²) in [5.74, 6) is -0.617. The number of alkyl halides is 2. The van der Waals surface area contributed by atoms with Crippen molar-refractivity contribution in [3.63, 3.8) is 0 Å². The van der Waals surface area contributed by atoms with Crippen LogP contribution in [0, 0.1) is 0 Å². The third-order valence-electron chi connectivity index (χ3n) is 3.32. The predicted molar refractivity (Wildman–Crippen MR) is 89.6 cm³/mol. The summed E-state index contributed by atoms with van der Waals surface area (Å²) in [6.07, 6.45) is 0. The molecule has 7 heteroatoms. The molecule has 24 heavy (non-hydrogen) atoms. The molecule has 0 N–H and O–H groups in total. The molecular formula is C17H16BrF2NO3. The Morgan fingerprint density at radius 3 is 2.46 bits per heavy atom. The second-order valence-corrected chi connectivity index (χ2v) is 5.92. The summed E-state index contributed by atoms with van der Waals surface area (Å²) in [6, 6.07) is 11.9. The molecule has 0 aliphatic heterocycles. The lowest BCUT2D eigenvalue weighted by Crippen LogP contribution is -2.27. The Morgan fingerprint density at radius 1 is 1.21 bits per heavy atom. The molecule has 0 spiro atoms. The van der Waals surface area contributed by atoms with Crippen molar-refractivity contribution in [2.75, 3.05) is 14.2 Å². The van der Waals surface area contributed by atoms with Crippen LogP contribution in [0.3, 0.4) is 0 Å². The van der Waals surface area contributed by atoms with Crippen molar-refractivity contribution < 1.29 is 23.0 Å². The summed E-state index contributed by atoms with van der Waals surface area (Å²) >= 11 is 3.34. The number of carbonyl (C=O) groups is 1. The second kappa shape index (κ2) is 8.10. The van der Waals surface area contributed by atoms with E-state index in [1.165, 1.54) is 24.1 Å². The third kappa shape index (κ3) is 4.44. The van der Waals surface area contributed by atoms with E-state index < -0.39 is 12.5 Å². The summed E-state index contributed by atoms with van der Waals surface area (Å²) in [4.78, 5) is 14.0.